The smallest absolute Gasteiger partial charge is 0.331 e. The maximum absolute atomic E-state index is 12.6. The first-order valence-corrected chi connectivity index (χ1v) is 10.7. The number of hydrogen-bond acceptors (Lipinski definition) is 6. The predicted molar refractivity (Wildman–Crippen MR) is 129 cm³/mol. The van der Waals surface area contributed by atoms with Crippen LogP contribution >= 0.6 is 0 Å². The van der Waals surface area contributed by atoms with Gasteiger partial charge in [-0.25, -0.2) is 9.59 Å². The number of ether oxygens (including phenoxy) is 1. The second kappa shape index (κ2) is 9.62. The Bertz CT molecular complexity index is 1480. The Morgan fingerprint density at radius 1 is 1.12 bits per heavy atom. The molecule has 0 amide bonds. The van der Waals surface area contributed by atoms with Crippen LogP contribution in [0, 0.1) is 0 Å². The van der Waals surface area contributed by atoms with E-state index in [4.69, 9.17) is 4.74 Å². The lowest BCUT2D eigenvalue weighted by Crippen LogP contribution is -2.34. The van der Waals surface area contributed by atoms with E-state index in [0.717, 1.165) is 26.6 Å². The van der Waals surface area contributed by atoms with E-state index in [1.165, 1.54) is 14.0 Å². The number of aromatic amines is 2. The minimum Gasteiger partial charge on any atom is -0.494 e. The van der Waals surface area contributed by atoms with E-state index in [-0.39, 0.29) is 24.2 Å². The first kappa shape index (κ1) is 22.8. The number of benzene rings is 2. The summed E-state index contributed by atoms with van der Waals surface area (Å²) in [5.41, 5.74) is 0.937. The quantitative estimate of drug-likeness (QED) is 0.288. The second-order valence-electron chi connectivity index (χ2n) is 7.85. The van der Waals surface area contributed by atoms with Crippen molar-refractivity contribution in [3.63, 3.8) is 0 Å². The van der Waals surface area contributed by atoms with Crippen LogP contribution in [-0.4, -0.2) is 44.5 Å². The lowest BCUT2D eigenvalue weighted by molar-refractivity contribution is -0.142. The molecule has 0 spiro atoms. The molecule has 0 fully saturated rings. The zero-order valence-corrected chi connectivity index (χ0v) is 18.7. The zero-order chi connectivity index (χ0) is 24.2. The van der Waals surface area contributed by atoms with E-state index in [1.807, 2.05) is 42.5 Å². The highest BCUT2D eigenvalue weighted by Crippen LogP contribution is 2.21. The van der Waals surface area contributed by atoms with Crippen molar-refractivity contribution < 1.29 is 14.6 Å². The minimum absolute atomic E-state index is 0.0539. The van der Waals surface area contributed by atoms with E-state index in [1.54, 1.807) is 18.3 Å². The third kappa shape index (κ3) is 4.54. The third-order valence-corrected chi connectivity index (χ3v) is 5.63. The van der Waals surface area contributed by atoms with Crippen LogP contribution in [0.3, 0.4) is 0 Å². The Kier molecular flexibility index (Phi) is 6.44. The molecule has 1 atom stereocenters. The highest BCUT2D eigenvalue weighted by molar-refractivity contribution is 6.01. The fourth-order valence-electron chi connectivity index (χ4n) is 3.92. The molecule has 2 aromatic heterocycles. The average molecular weight is 460 g/mol. The van der Waals surface area contributed by atoms with Crippen molar-refractivity contribution in [2.24, 2.45) is 4.99 Å². The van der Waals surface area contributed by atoms with Crippen molar-refractivity contribution in [2.45, 2.75) is 25.9 Å². The van der Waals surface area contributed by atoms with Gasteiger partial charge in [0.1, 0.15) is 5.56 Å². The molecule has 2 heterocycles. The van der Waals surface area contributed by atoms with Crippen molar-refractivity contribution in [3.05, 3.63) is 98.3 Å². The summed E-state index contributed by atoms with van der Waals surface area (Å²) in [6.45, 7) is 1.56. The fraction of sp³-hybridized carbons (Fsp3) is 0.200. The maximum atomic E-state index is 12.6. The zero-order valence-electron chi connectivity index (χ0n) is 18.7. The Morgan fingerprint density at radius 2 is 1.82 bits per heavy atom. The van der Waals surface area contributed by atoms with Crippen molar-refractivity contribution >= 4 is 22.6 Å². The lowest BCUT2D eigenvalue weighted by Gasteiger charge is -2.14. The first-order chi connectivity index (χ1) is 16.4. The van der Waals surface area contributed by atoms with Gasteiger partial charge in [0.2, 0.25) is 5.88 Å². The summed E-state index contributed by atoms with van der Waals surface area (Å²) in [6.07, 6.45) is 2.02. The molecular formula is C25H24N4O5. The van der Waals surface area contributed by atoms with Crippen LogP contribution in [0.5, 0.6) is 5.88 Å². The molecule has 0 aliphatic carbocycles. The minimum atomic E-state index is -0.961. The van der Waals surface area contributed by atoms with E-state index >= 15 is 0 Å². The Balaban J connectivity index is 1.73. The van der Waals surface area contributed by atoms with E-state index in [9.17, 15) is 19.5 Å². The number of hydrogen-bond donors (Lipinski definition) is 3. The normalized spacial score (nSPS) is 12.6. The molecule has 0 saturated heterocycles. The molecule has 0 saturated carbocycles. The van der Waals surface area contributed by atoms with Crippen molar-refractivity contribution in [2.75, 3.05) is 7.11 Å². The molecule has 9 nitrogen and oxygen atoms in total. The van der Waals surface area contributed by atoms with E-state index in [0.29, 0.717) is 0 Å². The topological polar surface area (TPSA) is 130 Å². The summed E-state index contributed by atoms with van der Waals surface area (Å²) >= 11 is 0. The van der Waals surface area contributed by atoms with Crippen LogP contribution in [0.4, 0.5) is 0 Å². The number of fused-ring (bicyclic) bond motifs is 1. The molecule has 9 heteroatoms. The van der Waals surface area contributed by atoms with Crippen molar-refractivity contribution in [3.8, 4) is 5.88 Å². The number of H-pyrrole nitrogens is 2. The van der Waals surface area contributed by atoms with E-state index in [2.05, 4.69) is 15.0 Å². The van der Waals surface area contributed by atoms with Gasteiger partial charge in [-0.2, -0.15) is 0 Å². The van der Waals surface area contributed by atoms with Crippen LogP contribution in [-0.2, 0) is 22.5 Å². The lowest BCUT2D eigenvalue weighted by atomic mass is 10.0. The largest absolute Gasteiger partial charge is 0.494 e. The number of para-hydroxylation sites is 1. The molecule has 3 N–H and O–H groups in total. The Morgan fingerprint density at radius 3 is 2.56 bits per heavy atom. The van der Waals surface area contributed by atoms with Gasteiger partial charge in [-0.15, -0.1) is 0 Å². The van der Waals surface area contributed by atoms with E-state index < -0.39 is 29.1 Å². The third-order valence-electron chi connectivity index (χ3n) is 5.63. The van der Waals surface area contributed by atoms with Gasteiger partial charge in [-0.3, -0.25) is 19.3 Å². The van der Waals surface area contributed by atoms with Crippen LogP contribution in [0.15, 0.2) is 75.4 Å². The van der Waals surface area contributed by atoms with Crippen molar-refractivity contribution in [1.29, 1.82) is 0 Å². The molecule has 0 radical (unpaired) electrons. The van der Waals surface area contributed by atoms with Crippen molar-refractivity contribution in [1.82, 2.24) is 14.5 Å². The molecule has 0 aliphatic heterocycles. The number of methoxy groups -OCH3 is 1. The molecule has 4 rings (SSSR count). The maximum Gasteiger partial charge on any atom is 0.331 e. The van der Waals surface area contributed by atoms with Crippen LogP contribution in [0.1, 0.15) is 23.6 Å². The van der Waals surface area contributed by atoms with Gasteiger partial charge in [0.05, 0.1) is 19.4 Å². The SMILES string of the molecule is COC(=O)C(Cc1c[nH]c2ccccc12)N=C(C)c1c(O)n(Cc2ccccc2)c(=O)[nH]c1=O. The highest BCUT2D eigenvalue weighted by atomic mass is 16.5. The number of nitrogens with zero attached hydrogens (tertiary/aromatic N) is 2. The summed E-state index contributed by atoms with van der Waals surface area (Å²) in [4.78, 5) is 47.3. The molecule has 0 aliphatic rings. The molecule has 34 heavy (non-hydrogen) atoms. The van der Waals surface area contributed by atoms with Gasteiger partial charge in [0, 0.05) is 23.5 Å². The first-order valence-electron chi connectivity index (χ1n) is 10.7. The number of rotatable bonds is 7. The predicted octanol–water partition coefficient (Wildman–Crippen LogP) is 2.37. The molecule has 2 aromatic carbocycles. The highest BCUT2D eigenvalue weighted by Gasteiger charge is 2.23. The Hall–Kier alpha value is -4.40. The van der Waals surface area contributed by atoms with Crippen LogP contribution in [0.25, 0.3) is 10.9 Å². The molecule has 4 aromatic rings. The molecular weight excluding hydrogens is 436 g/mol. The second-order valence-corrected chi connectivity index (χ2v) is 7.85. The number of esters is 1. The van der Waals surface area contributed by atoms with Gasteiger partial charge in [0.25, 0.3) is 5.56 Å². The van der Waals surface area contributed by atoms with Gasteiger partial charge < -0.3 is 14.8 Å². The van der Waals surface area contributed by atoms with Crippen LogP contribution in [0.2, 0.25) is 0 Å². The number of carbonyl (C=O) groups is 1. The average Bonchev–Trinajstić information content (AvgIpc) is 3.24. The summed E-state index contributed by atoms with van der Waals surface area (Å²) < 4.78 is 5.99. The number of nitrogens with one attached hydrogen (secondary N) is 2. The summed E-state index contributed by atoms with van der Waals surface area (Å²) in [7, 11) is 1.26. The van der Waals surface area contributed by atoms with Gasteiger partial charge >= 0.3 is 11.7 Å². The van der Waals surface area contributed by atoms with Gasteiger partial charge in [0.15, 0.2) is 6.04 Å². The van der Waals surface area contributed by atoms with Gasteiger partial charge in [-0.05, 0) is 24.1 Å². The Labute approximate surface area is 194 Å². The van der Waals surface area contributed by atoms with Gasteiger partial charge in [-0.1, -0.05) is 48.5 Å². The monoisotopic (exact) mass is 460 g/mol. The number of aliphatic imine (C=N–C) groups is 1. The molecule has 1 unspecified atom stereocenters. The number of aromatic hydroxyl groups is 1. The standard InChI is InChI=1S/C25H24N4O5/c1-15(21-22(30)28-25(33)29(23(21)31)14-16-8-4-3-5-9-16)27-20(24(32)34-2)12-17-13-26-19-11-7-6-10-18(17)19/h3-11,13,20,26,31H,12,14H2,1-2H3,(H,28,30,33). The summed E-state index contributed by atoms with van der Waals surface area (Å²) in [5, 5.41) is 11.8. The molecule has 174 valence electrons. The van der Waals surface area contributed by atoms with Crippen LogP contribution < -0.4 is 11.2 Å². The number of carbonyl (C=O) groups excluding carboxylic acids is 1. The molecule has 0 bridgehead atoms. The summed E-state index contributed by atoms with van der Waals surface area (Å²) in [6, 6.07) is 15.7. The number of aromatic nitrogens is 3. The fourth-order valence-corrected chi connectivity index (χ4v) is 3.92. The summed E-state index contributed by atoms with van der Waals surface area (Å²) in [5.74, 6) is -1.10.